The fourth-order valence-electron chi connectivity index (χ4n) is 3.69. The van der Waals surface area contributed by atoms with E-state index in [2.05, 4.69) is 23.2 Å². The minimum Gasteiger partial charge on any atom is -0.379 e. The van der Waals surface area contributed by atoms with Crippen LogP contribution in [-0.4, -0.2) is 49.8 Å². The van der Waals surface area contributed by atoms with Crippen molar-refractivity contribution in [3.63, 3.8) is 0 Å². The van der Waals surface area contributed by atoms with E-state index >= 15 is 0 Å². The summed E-state index contributed by atoms with van der Waals surface area (Å²) in [6, 6.07) is 8.03. The zero-order valence-electron chi connectivity index (χ0n) is 15.2. The van der Waals surface area contributed by atoms with Crippen molar-refractivity contribution in [2.45, 2.75) is 45.3 Å². The molecule has 1 heterocycles. The van der Waals surface area contributed by atoms with Crippen LogP contribution in [0, 0.1) is 5.92 Å². The van der Waals surface area contributed by atoms with Crippen LogP contribution < -0.4 is 5.32 Å². The highest BCUT2D eigenvalue weighted by Gasteiger charge is 2.20. The summed E-state index contributed by atoms with van der Waals surface area (Å²) in [5.74, 6) is 0.642. The van der Waals surface area contributed by atoms with Crippen molar-refractivity contribution in [1.82, 2.24) is 4.90 Å². The molecule has 2 aliphatic rings. The number of anilines is 1. The Morgan fingerprint density at radius 1 is 1.28 bits per heavy atom. The molecule has 25 heavy (non-hydrogen) atoms. The van der Waals surface area contributed by atoms with Crippen molar-refractivity contribution in [2.75, 3.05) is 38.2 Å². The minimum atomic E-state index is -0.0624. The van der Waals surface area contributed by atoms with Gasteiger partial charge >= 0.3 is 0 Å². The Balaban J connectivity index is 1.50. The van der Waals surface area contributed by atoms with E-state index in [9.17, 15) is 4.79 Å². The summed E-state index contributed by atoms with van der Waals surface area (Å²) >= 11 is 0. The van der Waals surface area contributed by atoms with Gasteiger partial charge in [-0.05, 0) is 30.4 Å². The Kier molecular flexibility index (Phi) is 6.84. The Bertz CT molecular complexity index is 558. The Labute approximate surface area is 150 Å². The highest BCUT2D eigenvalue weighted by Crippen LogP contribution is 2.25. The molecule has 1 N–H and O–H groups in total. The van der Waals surface area contributed by atoms with Crippen LogP contribution in [0.4, 0.5) is 5.69 Å². The maximum absolute atomic E-state index is 12.3. The zero-order chi connectivity index (χ0) is 17.5. The first-order valence-corrected chi connectivity index (χ1v) is 9.50. The van der Waals surface area contributed by atoms with Crippen molar-refractivity contribution < 1.29 is 14.3 Å². The van der Waals surface area contributed by atoms with Crippen LogP contribution >= 0.6 is 0 Å². The summed E-state index contributed by atoms with van der Waals surface area (Å²) in [4.78, 5) is 14.7. The average Bonchev–Trinajstić information content (AvgIpc) is 2.63. The van der Waals surface area contributed by atoms with Crippen LogP contribution in [0.3, 0.4) is 0 Å². The van der Waals surface area contributed by atoms with Gasteiger partial charge in [-0.15, -0.1) is 0 Å². The van der Waals surface area contributed by atoms with Crippen LogP contribution in [-0.2, 0) is 20.8 Å². The van der Waals surface area contributed by atoms with E-state index < -0.39 is 0 Å². The number of morpholine rings is 1. The summed E-state index contributed by atoms with van der Waals surface area (Å²) in [6.07, 6.45) is 4.86. The molecule has 2 atom stereocenters. The molecule has 5 heteroatoms. The molecule has 0 bridgehead atoms. The molecule has 0 radical (unpaired) electrons. The molecular weight excluding hydrogens is 316 g/mol. The van der Waals surface area contributed by atoms with Gasteiger partial charge in [-0.1, -0.05) is 38.0 Å². The third-order valence-electron chi connectivity index (χ3n) is 5.13. The van der Waals surface area contributed by atoms with Crippen molar-refractivity contribution in [3.8, 4) is 0 Å². The molecular formula is C20H30N2O3. The van der Waals surface area contributed by atoms with Gasteiger partial charge in [0.25, 0.3) is 0 Å². The third-order valence-corrected chi connectivity index (χ3v) is 5.13. The number of hydrogen-bond donors (Lipinski definition) is 1. The van der Waals surface area contributed by atoms with Crippen LogP contribution in [0.25, 0.3) is 0 Å². The number of para-hydroxylation sites is 1. The van der Waals surface area contributed by atoms with E-state index in [0.29, 0.717) is 5.92 Å². The fraction of sp³-hybridized carbons (Fsp3) is 0.650. The van der Waals surface area contributed by atoms with Gasteiger partial charge in [-0.25, -0.2) is 0 Å². The standard InChI is InChI=1S/C20H30N2O3/c1-16-5-4-7-18(13-16)25-15-20(23)21-19-8-3-2-6-17(19)14-22-9-11-24-12-10-22/h2-3,6,8,16,18H,4-5,7,9-15H2,1H3,(H,21,23)/t16-,18-/m1/s1. The first-order valence-electron chi connectivity index (χ1n) is 9.50. The van der Waals surface area contributed by atoms with Gasteiger partial charge in [-0.2, -0.15) is 0 Å². The number of hydrogen-bond acceptors (Lipinski definition) is 4. The summed E-state index contributed by atoms with van der Waals surface area (Å²) in [5, 5.41) is 3.03. The molecule has 138 valence electrons. The summed E-state index contributed by atoms with van der Waals surface area (Å²) in [6.45, 7) is 6.67. The highest BCUT2D eigenvalue weighted by molar-refractivity contribution is 5.92. The van der Waals surface area contributed by atoms with Crippen LogP contribution in [0.5, 0.6) is 0 Å². The second-order valence-corrected chi connectivity index (χ2v) is 7.30. The molecule has 1 aliphatic heterocycles. The molecule has 2 fully saturated rings. The number of carbonyl (C=O) groups excluding carboxylic acids is 1. The molecule has 1 amide bonds. The number of benzene rings is 1. The van der Waals surface area contributed by atoms with E-state index in [0.717, 1.165) is 56.9 Å². The van der Waals surface area contributed by atoms with Crippen LogP contribution in [0.15, 0.2) is 24.3 Å². The Hall–Kier alpha value is -1.43. The lowest BCUT2D eigenvalue weighted by molar-refractivity contribution is -0.123. The van der Waals surface area contributed by atoms with E-state index in [1.54, 1.807) is 0 Å². The van der Waals surface area contributed by atoms with Gasteiger partial charge in [0.2, 0.25) is 5.91 Å². The molecule has 1 aromatic carbocycles. The van der Waals surface area contributed by atoms with E-state index in [1.807, 2.05) is 18.2 Å². The van der Waals surface area contributed by atoms with Crippen molar-refractivity contribution in [1.29, 1.82) is 0 Å². The molecule has 1 saturated carbocycles. The van der Waals surface area contributed by atoms with E-state index in [-0.39, 0.29) is 18.6 Å². The number of amides is 1. The number of nitrogens with zero attached hydrogens (tertiary/aromatic N) is 1. The van der Waals surface area contributed by atoms with Crippen LogP contribution in [0.2, 0.25) is 0 Å². The predicted octanol–water partition coefficient (Wildman–Crippen LogP) is 3.05. The molecule has 1 saturated heterocycles. The predicted molar refractivity (Wildman–Crippen MR) is 98.5 cm³/mol. The Morgan fingerprint density at radius 3 is 2.88 bits per heavy atom. The minimum absolute atomic E-state index is 0.0624. The molecule has 1 aliphatic carbocycles. The SMILES string of the molecule is C[C@@H]1CCC[C@@H](OCC(=O)Nc2ccccc2CN2CCOCC2)C1. The third kappa shape index (κ3) is 5.80. The van der Waals surface area contributed by atoms with E-state index in [4.69, 9.17) is 9.47 Å². The van der Waals surface area contributed by atoms with Crippen molar-refractivity contribution >= 4 is 11.6 Å². The topological polar surface area (TPSA) is 50.8 Å². The van der Waals surface area contributed by atoms with Crippen LogP contribution in [0.1, 0.15) is 38.2 Å². The first kappa shape index (κ1) is 18.4. The van der Waals surface area contributed by atoms with Gasteiger partial charge in [0.1, 0.15) is 6.61 Å². The summed E-state index contributed by atoms with van der Waals surface area (Å²) in [7, 11) is 0. The highest BCUT2D eigenvalue weighted by atomic mass is 16.5. The molecule has 5 nitrogen and oxygen atoms in total. The van der Waals surface area contributed by atoms with Gasteiger partial charge in [0.15, 0.2) is 0 Å². The molecule has 1 aromatic rings. The number of nitrogens with one attached hydrogen (secondary N) is 1. The first-order chi connectivity index (χ1) is 12.2. The number of carbonyl (C=O) groups is 1. The van der Waals surface area contributed by atoms with Gasteiger partial charge < -0.3 is 14.8 Å². The normalized spacial score (nSPS) is 24.8. The zero-order valence-corrected chi connectivity index (χ0v) is 15.2. The van der Waals surface area contributed by atoms with Crippen molar-refractivity contribution in [3.05, 3.63) is 29.8 Å². The molecule has 0 spiro atoms. The number of ether oxygens (including phenoxy) is 2. The molecule has 0 unspecified atom stereocenters. The maximum Gasteiger partial charge on any atom is 0.250 e. The fourth-order valence-corrected chi connectivity index (χ4v) is 3.69. The summed E-state index contributed by atoms with van der Waals surface area (Å²) in [5.41, 5.74) is 2.03. The lowest BCUT2D eigenvalue weighted by atomic mass is 9.89. The second-order valence-electron chi connectivity index (χ2n) is 7.30. The molecule has 3 rings (SSSR count). The largest absolute Gasteiger partial charge is 0.379 e. The lowest BCUT2D eigenvalue weighted by Crippen LogP contribution is -2.36. The smallest absolute Gasteiger partial charge is 0.250 e. The van der Waals surface area contributed by atoms with Gasteiger partial charge in [0, 0.05) is 25.3 Å². The van der Waals surface area contributed by atoms with Crippen molar-refractivity contribution in [2.24, 2.45) is 5.92 Å². The maximum atomic E-state index is 12.3. The lowest BCUT2D eigenvalue weighted by Gasteiger charge is -2.27. The summed E-state index contributed by atoms with van der Waals surface area (Å²) < 4.78 is 11.2. The average molecular weight is 346 g/mol. The Morgan fingerprint density at radius 2 is 2.08 bits per heavy atom. The van der Waals surface area contributed by atoms with Gasteiger partial charge in [0.05, 0.1) is 19.3 Å². The van der Waals surface area contributed by atoms with E-state index in [1.165, 1.54) is 12.8 Å². The second kappa shape index (κ2) is 9.32. The monoisotopic (exact) mass is 346 g/mol. The number of rotatable bonds is 6. The quantitative estimate of drug-likeness (QED) is 0.860. The molecule has 0 aromatic heterocycles. The van der Waals surface area contributed by atoms with Gasteiger partial charge in [-0.3, -0.25) is 9.69 Å².